The number of rotatable bonds is 6. The van der Waals surface area contributed by atoms with Crippen LogP contribution < -0.4 is 28.4 Å². The van der Waals surface area contributed by atoms with E-state index >= 15 is 0 Å². The van der Waals surface area contributed by atoms with Crippen LogP contribution in [-0.4, -0.2) is 48.4 Å². The lowest BCUT2D eigenvalue weighted by atomic mass is 9.84. The number of methoxy groups -OCH3 is 4. The molecule has 0 aromatic heterocycles. The first-order chi connectivity index (χ1) is 15.2. The molecule has 0 bridgehead atoms. The van der Waals surface area contributed by atoms with E-state index in [-0.39, 0.29) is 30.8 Å². The van der Waals surface area contributed by atoms with Gasteiger partial charge in [-0.3, -0.25) is 0 Å². The predicted octanol–water partition coefficient (Wildman–Crippen LogP) is 3.52. The molecule has 0 aliphatic carbocycles. The second-order valence-corrected chi connectivity index (χ2v) is 7.75. The van der Waals surface area contributed by atoms with Crippen LogP contribution in [0.2, 0.25) is 0 Å². The van der Waals surface area contributed by atoms with E-state index in [1.54, 1.807) is 28.4 Å². The summed E-state index contributed by atoms with van der Waals surface area (Å²) in [4.78, 5) is 0. The van der Waals surface area contributed by atoms with Gasteiger partial charge in [-0.05, 0) is 35.4 Å². The minimum Gasteiger partial charge on any atom is -0.493 e. The van der Waals surface area contributed by atoms with Gasteiger partial charge in [-0.15, -0.1) is 0 Å². The molecular weight excluding hydrogens is 404 g/mol. The highest BCUT2D eigenvalue weighted by Crippen LogP contribution is 2.54. The number of hydrogen-bond donors (Lipinski definition) is 0. The molecular formula is C23H26O8. The van der Waals surface area contributed by atoms with Crippen LogP contribution in [0, 0.1) is 11.8 Å². The first-order valence-corrected chi connectivity index (χ1v) is 10.2. The summed E-state index contributed by atoms with van der Waals surface area (Å²) in [7, 11) is 6.44. The van der Waals surface area contributed by atoms with Gasteiger partial charge in [0.05, 0.1) is 53.9 Å². The average Bonchev–Trinajstić information content (AvgIpc) is 3.53. The molecule has 0 radical (unpaired) electrons. The van der Waals surface area contributed by atoms with Crippen molar-refractivity contribution < 1.29 is 37.9 Å². The first kappa shape index (κ1) is 20.1. The summed E-state index contributed by atoms with van der Waals surface area (Å²) in [5.74, 6) is 4.16. The summed E-state index contributed by atoms with van der Waals surface area (Å²) in [5, 5.41) is 0. The molecule has 0 N–H and O–H groups in total. The molecule has 0 amide bonds. The van der Waals surface area contributed by atoms with E-state index in [0.29, 0.717) is 47.7 Å². The molecule has 5 rings (SSSR count). The molecule has 0 unspecified atom stereocenters. The third-order valence-electron chi connectivity index (χ3n) is 6.29. The van der Waals surface area contributed by atoms with Gasteiger partial charge in [0.2, 0.25) is 18.3 Å². The van der Waals surface area contributed by atoms with Crippen molar-refractivity contribution in [3.8, 4) is 34.5 Å². The quantitative estimate of drug-likeness (QED) is 0.689. The highest BCUT2D eigenvalue weighted by molar-refractivity contribution is 5.56. The van der Waals surface area contributed by atoms with Gasteiger partial charge >= 0.3 is 0 Å². The van der Waals surface area contributed by atoms with E-state index in [0.717, 1.165) is 11.1 Å². The third kappa shape index (κ3) is 3.21. The monoisotopic (exact) mass is 430 g/mol. The summed E-state index contributed by atoms with van der Waals surface area (Å²) in [6, 6.07) is 7.84. The summed E-state index contributed by atoms with van der Waals surface area (Å²) >= 11 is 0. The van der Waals surface area contributed by atoms with Crippen molar-refractivity contribution in [3.05, 3.63) is 35.4 Å². The summed E-state index contributed by atoms with van der Waals surface area (Å²) in [6.07, 6.45) is -0.236. The largest absolute Gasteiger partial charge is 0.493 e. The smallest absolute Gasteiger partial charge is 0.231 e. The summed E-state index contributed by atoms with van der Waals surface area (Å²) < 4.78 is 45.6. The highest BCUT2D eigenvalue weighted by Gasteiger charge is 2.48. The minimum absolute atomic E-state index is 0.111. The Morgan fingerprint density at radius 1 is 0.677 bits per heavy atom. The standard InChI is InChI=1S/C23H26O8/c1-24-16-5-12(6-17(25-2)22(16)27-4)20-14-9-29-21(15(14)10-28-20)13-7-18(26-3)23-19(8-13)30-11-31-23/h5-8,14-15,20-21H,9-11H2,1-4H3/t14-,15-,20-,21+/m1/s1. The Hall–Kier alpha value is -2.84. The van der Waals surface area contributed by atoms with Gasteiger partial charge in [-0.2, -0.15) is 0 Å². The van der Waals surface area contributed by atoms with Crippen LogP contribution in [0.5, 0.6) is 34.5 Å². The van der Waals surface area contributed by atoms with Crippen LogP contribution in [0.1, 0.15) is 23.3 Å². The molecule has 4 atom stereocenters. The van der Waals surface area contributed by atoms with E-state index < -0.39 is 0 Å². The molecule has 3 aliphatic heterocycles. The van der Waals surface area contributed by atoms with Gasteiger partial charge in [0.15, 0.2) is 23.0 Å². The molecule has 2 fully saturated rings. The molecule has 166 valence electrons. The maximum Gasteiger partial charge on any atom is 0.231 e. The van der Waals surface area contributed by atoms with Gasteiger partial charge in [0.1, 0.15) is 0 Å². The SMILES string of the molecule is COc1cc([C@H]2OC[C@@H]3[C@H]2CO[C@H]3c2cc(OC)c3c(c2)OCO3)cc(OC)c1OC. The zero-order valence-corrected chi connectivity index (χ0v) is 18.0. The lowest BCUT2D eigenvalue weighted by Gasteiger charge is -2.20. The summed E-state index contributed by atoms with van der Waals surface area (Å²) in [6.45, 7) is 1.37. The van der Waals surface area contributed by atoms with Crippen molar-refractivity contribution >= 4 is 0 Å². The second-order valence-electron chi connectivity index (χ2n) is 7.75. The van der Waals surface area contributed by atoms with E-state index in [2.05, 4.69) is 0 Å². The van der Waals surface area contributed by atoms with Crippen molar-refractivity contribution in [2.75, 3.05) is 48.4 Å². The molecule has 8 heteroatoms. The number of ether oxygens (including phenoxy) is 8. The Balaban J connectivity index is 1.44. The van der Waals surface area contributed by atoms with Crippen LogP contribution in [0.4, 0.5) is 0 Å². The van der Waals surface area contributed by atoms with Crippen molar-refractivity contribution in [2.45, 2.75) is 12.2 Å². The fourth-order valence-electron chi connectivity index (χ4n) is 4.81. The number of fused-ring (bicyclic) bond motifs is 2. The fourth-order valence-corrected chi connectivity index (χ4v) is 4.81. The predicted molar refractivity (Wildman–Crippen MR) is 110 cm³/mol. The molecule has 3 aliphatic rings. The zero-order chi connectivity index (χ0) is 21.5. The maximum absolute atomic E-state index is 6.26. The molecule has 2 aromatic rings. The Labute approximate surface area is 180 Å². The van der Waals surface area contributed by atoms with Crippen LogP contribution in [0.3, 0.4) is 0 Å². The van der Waals surface area contributed by atoms with Crippen LogP contribution in [0.15, 0.2) is 24.3 Å². The molecule has 2 saturated heterocycles. The Morgan fingerprint density at radius 2 is 1.23 bits per heavy atom. The number of benzene rings is 2. The molecule has 2 aromatic carbocycles. The molecule has 31 heavy (non-hydrogen) atoms. The Morgan fingerprint density at radius 3 is 1.77 bits per heavy atom. The van der Waals surface area contributed by atoms with Crippen molar-refractivity contribution in [1.29, 1.82) is 0 Å². The topological polar surface area (TPSA) is 73.8 Å². The first-order valence-electron chi connectivity index (χ1n) is 10.2. The van der Waals surface area contributed by atoms with Gasteiger partial charge in [-0.25, -0.2) is 0 Å². The van der Waals surface area contributed by atoms with Crippen molar-refractivity contribution in [2.24, 2.45) is 11.8 Å². The van der Waals surface area contributed by atoms with Gasteiger partial charge in [0.25, 0.3) is 0 Å². The Kier molecular flexibility index (Phi) is 5.19. The highest BCUT2D eigenvalue weighted by atomic mass is 16.7. The third-order valence-corrected chi connectivity index (χ3v) is 6.29. The van der Waals surface area contributed by atoms with Crippen molar-refractivity contribution in [3.63, 3.8) is 0 Å². The van der Waals surface area contributed by atoms with Crippen molar-refractivity contribution in [1.82, 2.24) is 0 Å². The summed E-state index contributed by atoms with van der Waals surface area (Å²) in [5.41, 5.74) is 1.98. The second kappa shape index (κ2) is 8.01. The maximum atomic E-state index is 6.26. The Bertz CT molecular complexity index is 949. The van der Waals surface area contributed by atoms with E-state index in [9.17, 15) is 0 Å². The molecule has 8 nitrogen and oxygen atoms in total. The van der Waals surface area contributed by atoms with Gasteiger partial charge in [0, 0.05) is 11.8 Å². The lowest BCUT2D eigenvalue weighted by molar-refractivity contribution is 0.0190. The normalized spacial score (nSPS) is 25.9. The zero-order valence-electron chi connectivity index (χ0n) is 18.0. The molecule has 0 spiro atoms. The van der Waals surface area contributed by atoms with Gasteiger partial charge in [-0.1, -0.05) is 0 Å². The van der Waals surface area contributed by atoms with Crippen LogP contribution in [-0.2, 0) is 9.47 Å². The minimum atomic E-state index is -0.125. The van der Waals surface area contributed by atoms with E-state index in [1.807, 2.05) is 24.3 Å². The molecule has 0 saturated carbocycles. The van der Waals surface area contributed by atoms with Gasteiger partial charge < -0.3 is 37.9 Å². The average molecular weight is 430 g/mol. The van der Waals surface area contributed by atoms with Crippen LogP contribution in [0.25, 0.3) is 0 Å². The van der Waals surface area contributed by atoms with E-state index in [1.165, 1.54) is 0 Å². The van der Waals surface area contributed by atoms with Crippen LogP contribution >= 0.6 is 0 Å². The fraction of sp³-hybridized carbons (Fsp3) is 0.478. The lowest BCUT2D eigenvalue weighted by Crippen LogP contribution is -2.15. The molecule has 3 heterocycles. The van der Waals surface area contributed by atoms with E-state index in [4.69, 9.17) is 37.9 Å². The number of hydrogen-bond acceptors (Lipinski definition) is 8.